The molecule has 0 spiro atoms. The molecule has 1 fully saturated rings. The molecule has 0 aromatic heterocycles. The van der Waals surface area contributed by atoms with Crippen LogP contribution in [0.2, 0.25) is 5.02 Å². The number of unbranched alkanes of at least 4 members (excludes halogenated alkanes) is 3. The maximum Gasteiger partial charge on any atom is 2.00 e. The van der Waals surface area contributed by atoms with Crippen LogP contribution in [0.25, 0.3) is 16.8 Å². The van der Waals surface area contributed by atoms with Crippen molar-refractivity contribution in [1.29, 1.82) is 0 Å². The van der Waals surface area contributed by atoms with E-state index in [4.69, 9.17) is 21.1 Å². The Balaban J connectivity index is 0.000000599. The maximum absolute atomic E-state index is 12.6. The van der Waals surface area contributed by atoms with E-state index in [2.05, 4.69) is 141 Å². The minimum absolute atomic E-state index is 0. The quantitative estimate of drug-likeness (QED) is 0.0329. The monoisotopic (exact) mass is 1330 g/mol. The summed E-state index contributed by atoms with van der Waals surface area (Å²) in [6.07, 6.45) is 23.1. The minimum Gasteiger partial charge on any atom is -0.637 e. The fourth-order valence-electron chi connectivity index (χ4n) is 10.4. The van der Waals surface area contributed by atoms with Crippen LogP contribution in [0.15, 0.2) is 72.1 Å². The fourth-order valence-corrected chi connectivity index (χ4v) is 10.7. The fraction of sp³-hybridized carbons (Fsp3) is 0.597. The molecule has 12 heteroatoms. The van der Waals surface area contributed by atoms with Crippen LogP contribution in [0, 0.1) is 57.0 Å². The third-order valence-corrected chi connectivity index (χ3v) is 15.8. The minimum atomic E-state index is -0.328. The number of carbonyl (C=O) groups is 3. The van der Waals surface area contributed by atoms with E-state index in [0.717, 1.165) is 156 Å². The Labute approximate surface area is 509 Å². The number of fused-ring (bicyclic) bond motifs is 1. The van der Waals surface area contributed by atoms with Crippen molar-refractivity contribution in [2.75, 3.05) is 40.3 Å². The van der Waals surface area contributed by atoms with Gasteiger partial charge in [-0.15, -0.1) is 5.92 Å². The Morgan fingerprint density at radius 1 is 0.886 bits per heavy atom. The average molecular weight is 1340 g/mol. The van der Waals surface area contributed by atoms with Gasteiger partial charge in [-0.2, -0.15) is 7.11 Å². The zero-order valence-electron chi connectivity index (χ0n) is 51.8. The van der Waals surface area contributed by atoms with Crippen LogP contribution < -0.4 is 10.1 Å². The summed E-state index contributed by atoms with van der Waals surface area (Å²) in [5, 5.41) is 3.59. The van der Waals surface area contributed by atoms with Gasteiger partial charge in [-0.1, -0.05) is 176 Å². The molecule has 0 radical (unpaired) electrons. The Morgan fingerprint density at radius 2 is 1.54 bits per heavy atom. The molecule has 1 saturated heterocycles. The molecule has 2 aromatic rings. The molecule has 3 aliphatic rings. The second kappa shape index (κ2) is 38.8. The van der Waals surface area contributed by atoms with E-state index >= 15 is 0 Å². The summed E-state index contributed by atoms with van der Waals surface area (Å²) in [4.78, 5) is 51.9. The van der Waals surface area contributed by atoms with Crippen LogP contribution in [-0.4, -0.2) is 84.7 Å². The van der Waals surface area contributed by atoms with Crippen LogP contribution >= 0.6 is 11.6 Å². The zero-order valence-corrected chi connectivity index (χ0v) is 56.7. The number of ether oxygens (including phenoxy) is 2. The van der Waals surface area contributed by atoms with Gasteiger partial charge in [-0.25, -0.2) is 4.79 Å². The van der Waals surface area contributed by atoms with E-state index in [0.29, 0.717) is 18.7 Å². The number of rotatable bonds is 26. The number of allylic oxidation sites excluding steroid dienone is 5. The van der Waals surface area contributed by atoms with Crippen molar-refractivity contribution >= 4 is 52.5 Å². The number of nitrogens with zero attached hydrogens (tertiary/aromatic N) is 3. The first kappa shape index (κ1) is 73.1. The van der Waals surface area contributed by atoms with Crippen molar-refractivity contribution in [3.8, 4) is 5.75 Å². The molecular formula is C67H104ClN4O6U+. The summed E-state index contributed by atoms with van der Waals surface area (Å²) in [5.74, 6) is 1.49. The Hall–Kier alpha value is -3.88. The van der Waals surface area contributed by atoms with Gasteiger partial charge >= 0.3 is 37.1 Å². The number of carbonyl (C=O) groups excluding carboxylic acids is 4. The van der Waals surface area contributed by atoms with Crippen LogP contribution in [0.5, 0.6) is 5.75 Å². The predicted octanol–water partition coefficient (Wildman–Crippen LogP) is 16.7. The Morgan fingerprint density at radius 3 is 2.09 bits per heavy atom. The smallest absolute Gasteiger partial charge is 0.637 e. The second-order valence-electron chi connectivity index (χ2n) is 22.1. The number of piperidine rings is 1. The molecule has 3 heterocycles. The van der Waals surface area contributed by atoms with Crippen molar-refractivity contribution < 1.29 is 64.2 Å². The van der Waals surface area contributed by atoms with E-state index in [-0.39, 0.29) is 67.5 Å². The van der Waals surface area contributed by atoms with Crippen molar-refractivity contribution in [1.82, 2.24) is 15.1 Å². The van der Waals surface area contributed by atoms with Gasteiger partial charge in [-0.3, -0.25) is 20.4 Å². The van der Waals surface area contributed by atoms with Gasteiger partial charge in [-0.05, 0) is 105 Å². The Kier molecular flexibility index (Phi) is 35.9. The SMILES string of the molecule is C=C1CCC(N2Cc3c(OCC(=O)N(CCC)CCC)cccc3C2=C)C(=O)N1.CCCC(C)CC.CCCCCC([C-]=O)CCC.[CH2-]OC(=O)/C(CCC)=C(\CCCC)c1ccc(Cl)c(C2=C(C)[N+](C)(C)CC=C2C)c1C.[U+2]. The number of hydrogen-bond donors (Lipinski definition) is 1. The predicted molar refractivity (Wildman–Crippen MR) is 329 cm³/mol. The van der Waals surface area contributed by atoms with Crippen LogP contribution in [-0.2, 0) is 30.5 Å². The second-order valence-corrected chi connectivity index (χ2v) is 22.5. The summed E-state index contributed by atoms with van der Waals surface area (Å²) < 4.78 is 11.7. The molecule has 3 atom stereocenters. The van der Waals surface area contributed by atoms with E-state index < -0.39 is 0 Å². The normalized spacial score (nSPS) is 16.4. The summed E-state index contributed by atoms with van der Waals surface area (Å²) in [6.45, 7) is 37.1. The maximum atomic E-state index is 12.6. The summed E-state index contributed by atoms with van der Waals surface area (Å²) in [5.41, 5.74) is 12.4. The summed E-state index contributed by atoms with van der Waals surface area (Å²) in [7, 11) is 7.83. The number of nitrogens with one attached hydrogen (secondary N) is 1. The van der Waals surface area contributed by atoms with E-state index in [9.17, 15) is 19.2 Å². The molecule has 0 aliphatic carbocycles. The van der Waals surface area contributed by atoms with Gasteiger partial charge in [0.15, 0.2) is 6.61 Å². The summed E-state index contributed by atoms with van der Waals surface area (Å²) in [6, 6.07) is 9.57. The van der Waals surface area contributed by atoms with Gasteiger partial charge in [0.2, 0.25) is 5.91 Å². The number of esters is 1. The first-order valence-corrected chi connectivity index (χ1v) is 30.1. The van der Waals surface area contributed by atoms with E-state index in [1.165, 1.54) is 55.4 Å². The molecule has 3 aliphatic heterocycles. The van der Waals surface area contributed by atoms with Gasteiger partial charge in [0, 0.05) is 70.8 Å². The van der Waals surface area contributed by atoms with Crippen molar-refractivity contribution in [3.63, 3.8) is 0 Å². The first-order chi connectivity index (χ1) is 37.2. The number of hydrogen-bond acceptors (Lipinski definition) is 7. The molecule has 438 valence electrons. The van der Waals surface area contributed by atoms with Crippen LogP contribution in [0.1, 0.15) is 220 Å². The van der Waals surface area contributed by atoms with Gasteiger partial charge < -0.3 is 29.4 Å². The van der Waals surface area contributed by atoms with Gasteiger partial charge in [0.25, 0.3) is 5.91 Å². The summed E-state index contributed by atoms with van der Waals surface area (Å²) >= 11 is 6.81. The average Bonchev–Trinajstić information content (AvgIpc) is 3.91. The number of benzene rings is 2. The standard InChI is InChI=1S/C27H38ClNO2.C23H31N3O3.C10H19O.C7H16.U/c1-9-11-13-22(23(12-10-2)27(30)31-8)21-14-15-24(28)26(19(21)4)25-18(3)16-17-29(6,7)20(25)5;1-5-12-25(13-6-2)22(27)15-29-21-9-7-8-18-17(4)26(14-19(18)21)20-11-10-16(3)24-23(20)28;1-3-5-6-8-10(9-11)7-4-2;1-4-6-7(3)5-2;/h14-16H,8-13,17H2,1-7H3;7-9,20H,3-6,10-15H2,1-2H3,(H,24,28);10H,3-8H2,1-2H3;7H,4-6H2,1-3H3;/q;;-1;;+2/b23-22+;;;;. The number of likely N-dealkylation sites (N-methyl/N-ethyl adjacent to an activating group) is 1. The van der Waals surface area contributed by atoms with Crippen LogP contribution in [0.3, 0.4) is 0 Å². The molecule has 1 N–H and O–H groups in total. The van der Waals surface area contributed by atoms with Crippen molar-refractivity contribution in [2.45, 2.75) is 211 Å². The zero-order chi connectivity index (χ0) is 58.5. The first-order valence-electron chi connectivity index (χ1n) is 29.8. The topological polar surface area (TPSA) is 105 Å². The molecule has 3 unspecified atom stereocenters. The molecule has 0 saturated carbocycles. The van der Waals surface area contributed by atoms with E-state index in [1.54, 1.807) is 0 Å². The number of amides is 2. The number of quaternary nitrogens is 1. The molecular weight excluding hydrogens is 1230 g/mol. The largest absolute Gasteiger partial charge is 2.00 e. The molecule has 5 rings (SSSR count). The van der Waals surface area contributed by atoms with Crippen molar-refractivity contribution in [3.05, 3.63) is 112 Å². The number of halogens is 1. The Bertz CT molecular complexity index is 2360. The third-order valence-electron chi connectivity index (χ3n) is 15.5. The molecule has 2 amide bonds. The van der Waals surface area contributed by atoms with Crippen molar-refractivity contribution in [2.24, 2.45) is 11.8 Å². The van der Waals surface area contributed by atoms with Gasteiger partial charge in [0.1, 0.15) is 24.0 Å². The molecule has 79 heavy (non-hydrogen) atoms. The van der Waals surface area contributed by atoms with Gasteiger partial charge in [0.05, 0.1) is 14.1 Å². The third kappa shape index (κ3) is 22.4. The molecule has 10 nitrogen and oxygen atoms in total. The van der Waals surface area contributed by atoms with E-state index in [1.807, 2.05) is 34.1 Å². The molecule has 0 bridgehead atoms. The van der Waals surface area contributed by atoms with Crippen LogP contribution in [0.4, 0.5) is 0 Å². The molecule has 2 aromatic carbocycles.